The lowest BCUT2D eigenvalue weighted by molar-refractivity contribution is -0.183. The van der Waals surface area contributed by atoms with Gasteiger partial charge in [0.1, 0.15) is 10.9 Å². The molecule has 0 aromatic heterocycles. The highest BCUT2D eigenvalue weighted by molar-refractivity contribution is 8.01. The normalized spacial score (nSPS) is 24.9. The van der Waals surface area contributed by atoms with Crippen LogP contribution in [0.15, 0.2) is 35.3 Å². The van der Waals surface area contributed by atoms with Gasteiger partial charge in [-0.1, -0.05) is 40.9 Å². The third-order valence-electron chi connectivity index (χ3n) is 6.00. The predicted molar refractivity (Wildman–Crippen MR) is 126 cm³/mol. The summed E-state index contributed by atoms with van der Waals surface area (Å²) >= 11 is 19.3. The van der Waals surface area contributed by atoms with Gasteiger partial charge in [0.15, 0.2) is 0 Å². The zero-order valence-corrected chi connectivity index (χ0v) is 20.2. The van der Waals surface area contributed by atoms with Crippen LogP contribution in [0.1, 0.15) is 33.5 Å². The van der Waals surface area contributed by atoms with Gasteiger partial charge in [0, 0.05) is 23.4 Å². The first-order valence-corrected chi connectivity index (χ1v) is 12.1. The van der Waals surface area contributed by atoms with E-state index in [-0.39, 0.29) is 38.3 Å². The molecule has 0 spiro atoms. The van der Waals surface area contributed by atoms with Crippen molar-refractivity contribution < 1.29 is 23.1 Å². The maximum Gasteiger partial charge on any atom is 0.400 e. The van der Waals surface area contributed by atoms with Gasteiger partial charge in [-0.15, -0.1) is 11.8 Å². The van der Waals surface area contributed by atoms with E-state index >= 15 is 0 Å². The first kappa shape index (κ1) is 24.7. The van der Waals surface area contributed by atoms with Gasteiger partial charge in [0.2, 0.25) is 0 Å². The minimum atomic E-state index is -4.62. The minimum absolute atomic E-state index is 0.00366. The second kappa shape index (κ2) is 8.96. The Morgan fingerprint density at radius 2 is 1.88 bits per heavy atom. The summed E-state index contributed by atoms with van der Waals surface area (Å²) in [5, 5.41) is 12.3. The summed E-state index contributed by atoms with van der Waals surface area (Å²) in [6.07, 6.45) is -5.02. The summed E-state index contributed by atoms with van der Waals surface area (Å²) in [6.45, 7) is 1.19. The van der Waals surface area contributed by atoms with Crippen LogP contribution in [0.4, 0.5) is 13.2 Å². The number of carbonyl (C=O) groups is 1. The first-order valence-electron chi connectivity index (χ1n) is 9.89. The average molecular weight is 538 g/mol. The van der Waals surface area contributed by atoms with Crippen LogP contribution in [0.5, 0.6) is 0 Å². The monoisotopic (exact) mass is 536 g/mol. The fourth-order valence-corrected chi connectivity index (χ4v) is 5.24. The van der Waals surface area contributed by atoms with Crippen LogP contribution in [-0.2, 0) is 5.41 Å². The number of carbonyl (C=O) groups excluding carboxylic acids is 1. The number of benzene rings is 2. The molecular formula is C22H18Cl3F3N2O2S. The molecule has 1 saturated heterocycles. The molecule has 2 aliphatic rings. The van der Waals surface area contributed by atoms with Crippen molar-refractivity contribution in [2.45, 2.75) is 36.4 Å². The standard InChI is InChI=1S/C22H18Cl3F3N2O2S/c1-10-4-11(2-3-13(10)19(31)30-17-8-33-20(17)32)16-7-21(9-29-16,22(26,27)28)12-5-14(23)18(25)15(24)6-12/h2-6,17,20,32H,7-9H2,1H3,(H,30,31). The van der Waals surface area contributed by atoms with E-state index in [0.717, 1.165) is 0 Å². The number of hydrogen-bond donors (Lipinski definition) is 2. The fraction of sp³-hybridized carbons (Fsp3) is 0.364. The van der Waals surface area contributed by atoms with Gasteiger partial charge in [-0.05, 0) is 47.9 Å². The minimum Gasteiger partial charge on any atom is -0.380 e. The zero-order chi connectivity index (χ0) is 24.1. The van der Waals surface area contributed by atoms with E-state index in [0.29, 0.717) is 22.4 Å². The van der Waals surface area contributed by atoms with Crippen molar-refractivity contribution in [3.63, 3.8) is 0 Å². The van der Waals surface area contributed by atoms with Gasteiger partial charge >= 0.3 is 6.18 Å². The predicted octanol–water partition coefficient (Wildman–Crippen LogP) is 5.81. The van der Waals surface area contributed by atoms with Gasteiger partial charge in [-0.2, -0.15) is 13.2 Å². The molecule has 2 heterocycles. The SMILES string of the molecule is Cc1cc(C2=NCC(c3cc(Cl)c(Cl)c(Cl)c3)(C(F)(F)F)C2)ccc1C(=O)NC1CSC1O. The van der Waals surface area contributed by atoms with Crippen LogP contribution in [0.25, 0.3) is 0 Å². The number of amides is 1. The third kappa shape index (κ3) is 4.48. The van der Waals surface area contributed by atoms with Gasteiger partial charge in [-0.3, -0.25) is 9.79 Å². The Hall–Kier alpha value is -1.45. The van der Waals surface area contributed by atoms with E-state index < -0.39 is 30.0 Å². The summed E-state index contributed by atoms with van der Waals surface area (Å²) < 4.78 is 43.0. The molecule has 11 heteroatoms. The molecule has 0 saturated carbocycles. The van der Waals surface area contributed by atoms with E-state index in [4.69, 9.17) is 34.8 Å². The highest BCUT2D eigenvalue weighted by atomic mass is 35.5. The molecule has 3 atom stereocenters. The van der Waals surface area contributed by atoms with Crippen LogP contribution in [0.2, 0.25) is 15.1 Å². The zero-order valence-electron chi connectivity index (χ0n) is 17.1. The molecule has 1 amide bonds. The maximum absolute atomic E-state index is 14.3. The van der Waals surface area contributed by atoms with E-state index in [9.17, 15) is 23.1 Å². The van der Waals surface area contributed by atoms with Gasteiger partial charge in [0.05, 0.1) is 27.7 Å². The van der Waals surface area contributed by atoms with Gasteiger partial charge in [0.25, 0.3) is 5.91 Å². The van der Waals surface area contributed by atoms with Gasteiger partial charge < -0.3 is 10.4 Å². The van der Waals surface area contributed by atoms with E-state index in [1.54, 1.807) is 25.1 Å². The number of rotatable bonds is 4. The number of alkyl halides is 3. The second-order valence-corrected chi connectivity index (χ2v) is 10.4. The van der Waals surface area contributed by atoms with Crippen molar-refractivity contribution in [1.29, 1.82) is 0 Å². The summed E-state index contributed by atoms with van der Waals surface area (Å²) in [5.74, 6) is 0.283. The van der Waals surface area contributed by atoms with Crippen LogP contribution in [0, 0.1) is 6.92 Å². The van der Waals surface area contributed by atoms with Crippen molar-refractivity contribution in [3.8, 4) is 0 Å². The lowest BCUT2D eigenvalue weighted by atomic mass is 9.76. The Morgan fingerprint density at radius 3 is 2.39 bits per heavy atom. The number of aliphatic hydroxyl groups excluding tert-OH is 1. The highest BCUT2D eigenvalue weighted by Crippen LogP contribution is 2.49. The Balaban J connectivity index is 1.61. The van der Waals surface area contributed by atoms with Crippen LogP contribution in [0.3, 0.4) is 0 Å². The number of nitrogens with one attached hydrogen (secondary N) is 1. The Bertz CT molecular complexity index is 1140. The third-order valence-corrected chi connectivity index (χ3v) is 8.42. The number of aliphatic hydroxyl groups is 1. The number of aryl methyl sites for hydroxylation is 1. The highest BCUT2D eigenvalue weighted by Gasteiger charge is 2.58. The molecule has 3 unspecified atom stereocenters. The van der Waals surface area contributed by atoms with Gasteiger partial charge in [-0.25, -0.2) is 0 Å². The molecule has 0 aliphatic carbocycles. The number of nitrogens with zero attached hydrogens (tertiary/aromatic N) is 1. The second-order valence-electron chi connectivity index (χ2n) is 8.11. The van der Waals surface area contributed by atoms with Crippen molar-refractivity contribution in [1.82, 2.24) is 5.32 Å². The smallest absolute Gasteiger partial charge is 0.380 e. The van der Waals surface area contributed by atoms with E-state index in [2.05, 4.69) is 10.3 Å². The maximum atomic E-state index is 14.3. The van der Waals surface area contributed by atoms with E-state index in [1.165, 1.54) is 23.9 Å². The Kier molecular flexibility index (Phi) is 6.70. The molecule has 1 fully saturated rings. The number of thioether (sulfide) groups is 1. The van der Waals surface area contributed by atoms with Crippen molar-refractivity contribution in [2.75, 3.05) is 12.3 Å². The molecule has 176 valence electrons. The quantitative estimate of drug-likeness (QED) is 0.484. The average Bonchev–Trinajstić information content (AvgIpc) is 3.21. The molecule has 0 radical (unpaired) electrons. The van der Waals surface area contributed by atoms with Crippen LogP contribution < -0.4 is 5.32 Å². The van der Waals surface area contributed by atoms with Crippen LogP contribution in [-0.4, -0.2) is 46.7 Å². The Morgan fingerprint density at radius 1 is 1.21 bits per heavy atom. The summed E-state index contributed by atoms with van der Waals surface area (Å²) in [7, 11) is 0. The topological polar surface area (TPSA) is 61.7 Å². The molecular weight excluding hydrogens is 520 g/mol. The summed E-state index contributed by atoms with van der Waals surface area (Å²) in [5.41, 5.74) is -1.26. The lowest BCUT2D eigenvalue weighted by Gasteiger charge is -2.32. The number of aliphatic imine (C=N–C) groups is 1. The molecule has 0 bridgehead atoms. The van der Waals surface area contributed by atoms with Crippen molar-refractivity contribution in [2.24, 2.45) is 4.99 Å². The molecule has 33 heavy (non-hydrogen) atoms. The van der Waals surface area contributed by atoms with Crippen molar-refractivity contribution >= 4 is 58.2 Å². The summed E-state index contributed by atoms with van der Waals surface area (Å²) in [4.78, 5) is 16.7. The fourth-order valence-electron chi connectivity index (χ4n) is 3.94. The first-order chi connectivity index (χ1) is 15.4. The summed E-state index contributed by atoms with van der Waals surface area (Å²) in [6, 6.07) is 6.85. The molecule has 2 N–H and O–H groups in total. The van der Waals surface area contributed by atoms with Crippen LogP contribution >= 0.6 is 46.6 Å². The largest absolute Gasteiger partial charge is 0.400 e. The molecule has 4 nitrogen and oxygen atoms in total. The van der Waals surface area contributed by atoms with E-state index in [1.807, 2.05) is 0 Å². The van der Waals surface area contributed by atoms with Crippen molar-refractivity contribution in [3.05, 3.63) is 67.7 Å². The molecule has 4 rings (SSSR count). The lowest BCUT2D eigenvalue weighted by Crippen LogP contribution is -2.50. The Labute approximate surface area is 207 Å². The molecule has 2 aromatic rings. The number of halogens is 6. The number of hydrogen-bond acceptors (Lipinski definition) is 4. The molecule has 2 aliphatic heterocycles. The molecule has 2 aromatic carbocycles.